The predicted molar refractivity (Wildman–Crippen MR) is 31.6 cm³/mol. The van der Waals surface area contributed by atoms with E-state index in [1.165, 1.54) is 6.21 Å². The summed E-state index contributed by atoms with van der Waals surface area (Å²) in [6.45, 7) is 0.497. The van der Waals surface area contributed by atoms with Gasteiger partial charge in [0.1, 0.15) is 0 Å². The van der Waals surface area contributed by atoms with E-state index in [9.17, 15) is 4.79 Å². The molecular formula is C4H5N3O2. The molecule has 1 heterocycles. The maximum atomic E-state index is 10.1. The van der Waals surface area contributed by atoms with Crippen LogP contribution in [-0.4, -0.2) is 29.7 Å². The van der Waals surface area contributed by atoms with Crippen molar-refractivity contribution in [3.05, 3.63) is 0 Å². The molecule has 0 saturated heterocycles. The van der Waals surface area contributed by atoms with E-state index in [0.29, 0.717) is 6.54 Å². The van der Waals surface area contributed by atoms with Crippen LogP contribution in [0.4, 0.5) is 0 Å². The summed E-state index contributed by atoms with van der Waals surface area (Å²) in [4.78, 5) is 13.6. The molecule has 0 unspecified atom stereocenters. The molecule has 9 heavy (non-hydrogen) atoms. The number of aliphatic carboxylic acids is 1. The second-order valence-electron chi connectivity index (χ2n) is 1.41. The molecule has 0 aromatic rings. The van der Waals surface area contributed by atoms with E-state index in [1.54, 1.807) is 0 Å². The molecule has 0 saturated carbocycles. The molecular weight excluding hydrogens is 122 g/mol. The summed E-state index contributed by atoms with van der Waals surface area (Å²) in [7, 11) is 0. The van der Waals surface area contributed by atoms with Crippen molar-refractivity contribution in [2.75, 3.05) is 6.54 Å². The summed E-state index contributed by atoms with van der Waals surface area (Å²) >= 11 is 0. The Hall–Kier alpha value is -1.39. The number of hydrazone groups is 1. The van der Waals surface area contributed by atoms with Gasteiger partial charge in [0.05, 0.1) is 6.54 Å². The predicted octanol–water partition coefficient (Wildman–Crippen LogP) is -0.942. The number of hydrogen-bond acceptors (Lipinski definition) is 4. The highest BCUT2D eigenvalue weighted by atomic mass is 16.4. The summed E-state index contributed by atoms with van der Waals surface area (Å²) in [5, 5.41) is 11.7. The minimum atomic E-state index is -1.11. The lowest BCUT2D eigenvalue weighted by Gasteiger charge is -2.00. The van der Waals surface area contributed by atoms with Crippen molar-refractivity contribution in [1.82, 2.24) is 5.43 Å². The largest absolute Gasteiger partial charge is 0.475 e. The van der Waals surface area contributed by atoms with Crippen molar-refractivity contribution in [3.63, 3.8) is 0 Å². The van der Waals surface area contributed by atoms with Crippen LogP contribution in [0.25, 0.3) is 0 Å². The van der Waals surface area contributed by atoms with Gasteiger partial charge in [-0.3, -0.25) is 0 Å². The maximum absolute atomic E-state index is 10.1. The van der Waals surface area contributed by atoms with Crippen molar-refractivity contribution >= 4 is 18.0 Å². The van der Waals surface area contributed by atoms with Crippen LogP contribution in [-0.2, 0) is 4.79 Å². The number of nitrogens with one attached hydrogen (secondary N) is 1. The lowest BCUT2D eigenvalue weighted by molar-refractivity contribution is -0.129. The van der Waals surface area contributed by atoms with Crippen LogP contribution in [0.1, 0.15) is 0 Å². The van der Waals surface area contributed by atoms with E-state index in [1.807, 2.05) is 0 Å². The van der Waals surface area contributed by atoms with Crippen LogP contribution in [0.3, 0.4) is 0 Å². The molecule has 0 aromatic carbocycles. The highest BCUT2D eigenvalue weighted by Crippen LogP contribution is 1.82. The Morgan fingerprint density at radius 3 is 3.00 bits per heavy atom. The van der Waals surface area contributed by atoms with E-state index < -0.39 is 5.97 Å². The van der Waals surface area contributed by atoms with Crippen LogP contribution in [0.15, 0.2) is 10.1 Å². The van der Waals surface area contributed by atoms with Gasteiger partial charge in [-0.05, 0) is 0 Å². The Bertz CT molecular complexity index is 184. The number of carbonyl (C=O) groups is 1. The van der Waals surface area contributed by atoms with Crippen molar-refractivity contribution in [2.24, 2.45) is 10.1 Å². The Morgan fingerprint density at radius 2 is 2.67 bits per heavy atom. The average Bonchev–Trinajstić information content (AvgIpc) is 1.90. The first-order valence-corrected chi connectivity index (χ1v) is 2.37. The van der Waals surface area contributed by atoms with Crippen molar-refractivity contribution < 1.29 is 9.90 Å². The van der Waals surface area contributed by atoms with Gasteiger partial charge in [-0.2, -0.15) is 5.10 Å². The van der Waals surface area contributed by atoms with Gasteiger partial charge in [-0.15, -0.1) is 0 Å². The molecule has 1 aliphatic heterocycles. The molecule has 0 radical (unpaired) electrons. The Kier molecular flexibility index (Phi) is 1.44. The first kappa shape index (κ1) is 5.74. The zero-order valence-electron chi connectivity index (χ0n) is 4.53. The van der Waals surface area contributed by atoms with Crippen molar-refractivity contribution in [3.8, 4) is 0 Å². The van der Waals surface area contributed by atoms with Crippen LogP contribution >= 0.6 is 0 Å². The summed E-state index contributed by atoms with van der Waals surface area (Å²) in [5.74, 6) is -1.31. The number of carboxylic acid groups (broad SMARTS) is 1. The summed E-state index contributed by atoms with van der Waals surface area (Å²) in [6, 6.07) is 0. The third kappa shape index (κ3) is 1.25. The Morgan fingerprint density at radius 1 is 1.89 bits per heavy atom. The number of hydrogen-bond donors (Lipinski definition) is 2. The topological polar surface area (TPSA) is 74.0 Å². The van der Waals surface area contributed by atoms with E-state index in [-0.39, 0.29) is 5.84 Å². The van der Waals surface area contributed by atoms with Gasteiger partial charge in [0.15, 0.2) is 0 Å². The summed E-state index contributed by atoms with van der Waals surface area (Å²) in [5.41, 5.74) is 2.47. The first-order chi connectivity index (χ1) is 4.30. The number of aliphatic imine (C=N–C) groups is 1. The third-order valence-corrected chi connectivity index (χ3v) is 0.772. The van der Waals surface area contributed by atoms with Gasteiger partial charge >= 0.3 is 5.97 Å². The normalized spacial score (nSPS) is 16.2. The van der Waals surface area contributed by atoms with Gasteiger partial charge < -0.3 is 10.5 Å². The standard InChI is InChI=1S/C4H5N3O2/c8-4(9)3-5-1-2-6-7-3/h1,6H,2H2,(H,8,9). The molecule has 1 rings (SSSR count). The molecule has 0 aromatic heterocycles. The van der Waals surface area contributed by atoms with Crippen LogP contribution in [0.2, 0.25) is 0 Å². The van der Waals surface area contributed by atoms with Crippen LogP contribution in [0, 0.1) is 0 Å². The smallest absolute Gasteiger partial charge is 0.375 e. The fourth-order valence-corrected chi connectivity index (χ4v) is 0.425. The quantitative estimate of drug-likeness (QED) is 0.477. The van der Waals surface area contributed by atoms with E-state index in [2.05, 4.69) is 15.5 Å². The molecule has 48 valence electrons. The number of amidine groups is 1. The lowest BCUT2D eigenvalue weighted by Crippen LogP contribution is -2.22. The minimum absolute atomic E-state index is 0.193. The molecule has 0 amide bonds. The first-order valence-electron chi connectivity index (χ1n) is 2.37. The fourth-order valence-electron chi connectivity index (χ4n) is 0.425. The minimum Gasteiger partial charge on any atom is -0.475 e. The maximum Gasteiger partial charge on any atom is 0.375 e. The fraction of sp³-hybridized carbons (Fsp3) is 0.250. The molecule has 5 nitrogen and oxygen atoms in total. The second kappa shape index (κ2) is 2.25. The summed E-state index contributed by atoms with van der Waals surface area (Å²) < 4.78 is 0. The molecule has 0 atom stereocenters. The monoisotopic (exact) mass is 127 g/mol. The number of nitrogens with zero attached hydrogens (tertiary/aromatic N) is 2. The molecule has 5 heteroatoms. The van der Waals surface area contributed by atoms with E-state index in [4.69, 9.17) is 5.11 Å². The third-order valence-electron chi connectivity index (χ3n) is 0.772. The van der Waals surface area contributed by atoms with Gasteiger partial charge in [0.2, 0.25) is 0 Å². The van der Waals surface area contributed by atoms with E-state index >= 15 is 0 Å². The molecule has 0 bridgehead atoms. The van der Waals surface area contributed by atoms with Gasteiger partial charge in [0.25, 0.3) is 5.84 Å². The molecule has 0 aliphatic carbocycles. The van der Waals surface area contributed by atoms with Crippen LogP contribution < -0.4 is 5.43 Å². The van der Waals surface area contributed by atoms with Gasteiger partial charge in [-0.1, -0.05) is 0 Å². The van der Waals surface area contributed by atoms with E-state index in [0.717, 1.165) is 0 Å². The average molecular weight is 127 g/mol. The molecule has 0 fully saturated rings. The summed E-state index contributed by atoms with van der Waals surface area (Å²) in [6.07, 6.45) is 1.45. The number of rotatable bonds is 1. The molecule has 1 aliphatic rings. The highest BCUT2D eigenvalue weighted by Gasteiger charge is 2.07. The zero-order chi connectivity index (χ0) is 6.69. The SMILES string of the molecule is O=C(O)C1=NNCC=N1. The van der Waals surface area contributed by atoms with Gasteiger partial charge in [-0.25, -0.2) is 9.79 Å². The number of carboxylic acids is 1. The van der Waals surface area contributed by atoms with Crippen molar-refractivity contribution in [2.45, 2.75) is 0 Å². The van der Waals surface area contributed by atoms with Gasteiger partial charge in [0, 0.05) is 6.21 Å². The Labute approximate surface area is 51.1 Å². The highest BCUT2D eigenvalue weighted by molar-refractivity contribution is 6.36. The molecule has 2 N–H and O–H groups in total. The zero-order valence-corrected chi connectivity index (χ0v) is 4.53. The van der Waals surface area contributed by atoms with Crippen LogP contribution in [0.5, 0.6) is 0 Å². The van der Waals surface area contributed by atoms with Crippen molar-refractivity contribution in [1.29, 1.82) is 0 Å². The second-order valence-corrected chi connectivity index (χ2v) is 1.41. The molecule has 0 spiro atoms. The lowest BCUT2D eigenvalue weighted by atomic mass is 10.6. The Balaban J connectivity index is 2.69.